The van der Waals surface area contributed by atoms with Crippen LogP contribution in [0, 0.1) is 5.82 Å². The summed E-state index contributed by atoms with van der Waals surface area (Å²) in [5, 5.41) is 0. The Morgan fingerprint density at radius 3 is 2.71 bits per heavy atom. The van der Waals surface area contributed by atoms with Crippen molar-refractivity contribution >= 4 is 11.6 Å². The Morgan fingerprint density at radius 2 is 2.18 bits per heavy atom. The van der Waals surface area contributed by atoms with Crippen LogP contribution in [0.4, 0.5) is 10.1 Å². The molecule has 1 aliphatic carbocycles. The van der Waals surface area contributed by atoms with Gasteiger partial charge in [0.1, 0.15) is 11.6 Å². The summed E-state index contributed by atoms with van der Waals surface area (Å²) < 4.78 is 18.3. The number of ether oxygens (including phenoxy) is 1. The van der Waals surface area contributed by atoms with E-state index in [-0.39, 0.29) is 5.91 Å². The minimum absolute atomic E-state index is 0.207. The maximum atomic E-state index is 13.2. The summed E-state index contributed by atoms with van der Waals surface area (Å²) in [5.41, 5.74) is 5.46. The first-order valence-electron chi connectivity index (χ1n) is 5.38. The van der Waals surface area contributed by atoms with Gasteiger partial charge in [0.2, 0.25) is 5.91 Å². The molecule has 1 saturated carbocycles. The molecule has 0 bridgehead atoms. The lowest BCUT2D eigenvalue weighted by molar-refractivity contribution is -0.120. The average Bonchev–Trinajstić information content (AvgIpc) is 3.06. The minimum Gasteiger partial charge on any atom is -0.495 e. The molecule has 0 spiro atoms. The lowest BCUT2D eigenvalue weighted by atomic mass is 10.2. The van der Waals surface area contributed by atoms with Gasteiger partial charge in [-0.3, -0.25) is 4.79 Å². The molecular formula is C12H15FN2O2. The normalized spacial score (nSPS) is 16.5. The maximum Gasteiger partial charge on any atom is 0.246 e. The van der Waals surface area contributed by atoms with Crippen molar-refractivity contribution in [3.8, 4) is 5.75 Å². The van der Waals surface area contributed by atoms with Crippen molar-refractivity contribution < 1.29 is 13.9 Å². The third kappa shape index (κ3) is 2.10. The molecule has 4 nitrogen and oxygen atoms in total. The number of carbonyl (C=O) groups is 1. The van der Waals surface area contributed by atoms with Crippen molar-refractivity contribution in [2.75, 3.05) is 19.1 Å². The molecule has 1 fully saturated rings. The summed E-state index contributed by atoms with van der Waals surface area (Å²) in [6, 6.07) is 4.04. The van der Waals surface area contributed by atoms with E-state index in [2.05, 4.69) is 0 Å². The molecule has 2 N–H and O–H groups in total. The van der Waals surface area contributed by atoms with E-state index in [4.69, 9.17) is 10.5 Å². The molecule has 0 aromatic heterocycles. The number of likely N-dealkylation sites (N-methyl/N-ethyl adjacent to an activating group) is 1. The quantitative estimate of drug-likeness (QED) is 0.863. The van der Waals surface area contributed by atoms with Crippen molar-refractivity contribution in [1.82, 2.24) is 0 Å². The van der Waals surface area contributed by atoms with E-state index in [0.29, 0.717) is 24.3 Å². The predicted octanol–water partition coefficient (Wildman–Crippen LogP) is 1.29. The summed E-state index contributed by atoms with van der Waals surface area (Å²) in [6.45, 7) is 0. The first-order chi connectivity index (χ1) is 7.98. The van der Waals surface area contributed by atoms with E-state index in [1.54, 1.807) is 7.05 Å². The molecule has 1 aliphatic rings. The van der Waals surface area contributed by atoms with Gasteiger partial charge in [-0.15, -0.1) is 0 Å². The zero-order valence-corrected chi connectivity index (χ0v) is 9.87. The Kier molecular flexibility index (Phi) is 2.79. The Hall–Kier alpha value is -1.62. The van der Waals surface area contributed by atoms with Gasteiger partial charge >= 0.3 is 0 Å². The Bertz CT molecular complexity index is 458. The van der Waals surface area contributed by atoms with Gasteiger partial charge in [-0.2, -0.15) is 0 Å². The SMILES string of the molecule is COc1ccc(F)cc1N(C)C(=O)C1(N)CC1. The monoisotopic (exact) mass is 238 g/mol. The Balaban J connectivity index is 2.32. The number of nitrogens with zero attached hydrogens (tertiary/aromatic N) is 1. The van der Waals surface area contributed by atoms with Crippen molar-refractivity contribution in [2.24, 2.45) is 5.73 Å². The summed E-state index contributed by atoms with van der Waals surface area (Å²) in [5.74, 6) is -0.171. The number of nitrogens with two attached hydrogens (primary N) is 1. The number of benzene rings is 1. The highest BCUT2D eigenvalue weighted by Gasteiger charge is 2.48. The second-order valence-electron chi connectivity index (χ2n) is 4.34. The van der Waals surface area contributed by atoms with E-state index < -0.39 is 11.4 Å². The highest BCUT2D eigenvalue weighted by molar-refractivity contribution is 6.02. The standard InChI is InChI=1S/C12H15FN2O2/c1-15(11(16)12(14)5-6-12)9-7-8(13)3-4-10(9)17-2/h3-4,7H,5-6,14H2,1-2H3. The fraction of sp³-hybridized carbons (Fsp3) is 0.417. The van der Waals surface area contributed by atoms with Crippen molar-refractivity contribution in [2.45, 2.75) is 18.4 Å². The number of methoxy groups -OCH3 is 1. The highest BCUT2D eigenvalue weighted by atomic mass is 19.1. The summed E-state index contributed by atoms with van der Waals surface area (Å²) in [4.78, 5) is 13.4. The van der Waals surface area contributed by atoms with Crippen LogP contribution >= 0.6 is 0 Å². The number of hydrogen-bond acceptors (Lipinski definition) is 3. The molecule has 0 aliphatic heterocycles. The van der Waals surface area contributed by atoms with E-state index in [0.717, 1.165) is 0 Å². The van der Waals surface area contributed by atoms with Crippen LogP contribution in [-0.2, 0) is 4.79 Å². The Morgan fingerprint density at radius 1 is 1.53 bits per heavy atom. The van der Waals surface area contributed by atoms with Crippen LogP contribution in [-0.4, -0.2) is 25.6 Å². The van der Waals surface area contributed by atoms with Gasteiger partial charge in [-0.25, -0.2) is 4.39 Å². The second kappa shape index (κ2) is 4.00. The van der Waals surface area contributed by atoms with Crippen LogP contribution in [0.3, 0.4) is 0 Å². The minimum atomic E-state index is -0.772. The van der Waals surface area contributed by atoms with Gasteiger partial charge in [-0.05, 0) is 25.0 Å². The largest absolute Gasteiger partial charge is 0.495 e. The fourth-order valence-corrected chi connectivity index (χ4v) is 1.72. The number of amides is 1. The van der Waals surface area contributed by atoms with Crippen LogP contribution in [0.2, 0.25) is 0 Å². The van der Waals surface area contributed by atoms with Crippen LogP contribution in [0.5, 0.6) is 5.75 Å². The molecule has 1 amide bonds. The molecular weight excluding hydrogens is 223 g/mol. The lowest BCUT2D eigenvalue weighted by Gasteiger charge is -2.22. The van der Waals surface area contributed by atoms with Gasteiger partial charge in [0.15, 0.2) is 0 Å². The molecule has 92 valence electrons. The molecule has 5 heteroatoms. The lowest BCUT2D eigenvalue weighted by Crippen LogP contribution is -2.44. The first-order valence-corrected chi connectivity index (χ1v) is 5.38. The van der Waals surface area contributed by atoms with Gasteiger partial charge in [0, 0.05) is 13.1 Å². The number of halogens is 1. The van der Waals surface area contributed by atoms with Crippen molar-refractivity contribution in [1.29, 1.82) is 0 Å². The molecule has 1 aromatic carbocycles. The predicted molar refractivity (Wildman–Crippen MR) is 62.5 cm³/mol. The average molecular weight is 238 g/mol. The second-order valence-corrected chi connectivity index (χ2v) is 4.34. The Labute approximate surface area is 99.2 Å². The van der Waals surface area contributed by atoms with Crippen LogP contribution in [0.25, 0.3) is 0 Å². The molecule has 17 heavy (non-hydrogen) atoms. The topological polar surface area (TPSA) is 55.6 Å². The molecule has 0 heterocycles. The van der Waals surface area contributed by atoms with Crippen molar-refractivity contribution in [3.05, 3.63) is 24.0 Å². The first kappa shape index (κ1) is 11.9. The molecule has 0 radical (unpaired) electrons. The van der Waals surface area contributed by atoms with Crippen molar-refractivity contribution in [3.63, 3.8) is 0 Å². The molecule has 0 unspecified atom stereocenters. The van der Waals surface area contributed by atoms with Gasteiger partial charge in [-0.1, -0.05) is 0 Å². The third-order valence-corrected chi connectivity index (χ3v) is 3.02. The zero-order chi connectivity index (χ0) is 12.6. The number of hydrogen-bond donors (Lipinski definition) is 1. The van der Waals surface area contributed by atoms with E-state index >= 15 is 0 Å². The molecule has 0 atom stereocenters. The number of carbonyl (C=O) groups excluding carboxylic acids is 1. The van der Waals surface area contributed by atoms with E-state index in [1.807, 2.05) is 0 Å². The van der Waals surface area contributed by atoms with Crippen LogP contribution < -0.4 is 15.4 Å². The smallest absolute Gasteiger partial charge is 0.246 e. The maximum absolute atomic E-state index is 13.2. The van der Waals surface area contributed by atoms with Gasteiger partial charge in [0.25, 0.3) is 0 Å². The van der Waals surface area contributed by atoms with Gasteiger partial charge < -0.3 is 15.4 Å². The summed E-state index contributed by atoms with van der Waals surface area (Å²) in [7, 11) is 3.05. The highest BCUT2D eigenvalue weighted by Crippen LogP contribution is 2.37. The molecule has 0 saturated heterocycles. The summed E-state index contributed by atoms with van der Waals surface area (Å²) >= 11 is 0. The third-order valence-electron chi connectivity index (χ3n) is 3.02. The van der Waals surface area contributed by atoms with E-state index in [9.17, 15) is 9.18 Å². The van der Waals surface area contributed by atoms with E-state index in [1.165, 1.54) is 30.2 Å². The number of rotatable bonds is 3. The zero-order valence-electron chi connectivity index (χ0n) is 9.87. The molecule has 2 rings (SSSR count). The number of anilines is 1. The van der Waals surface area contributed by atoms with Crippen LogP contribution in [0.15, 0.2) is 18.2 Å². The fourth-order valence-electron chi connectivity index (χ4n) is 1.72. The van der Waals surface area contributed by atoms with Crippen LogP contribution in [0.1, 0.15) is 12.8 Å². The molecule has 1 aromatic rings. The summed E-state index contributed by atoms with van der Waals surface area (Å²) in [6.07, 6.45) is 1.35. The van der Waals surface area contributed by atoms with Gasteiger partial charge in [0.05, 0.1) is 18.3 Å².